The molecule has 0 unspecified atom stereocenters. The van der Waals surface area contributed by atoms with Crippen LogP contribution >= 0.6 is 0 Å². The maximum absolute atomic E-state index is 13.0. The predicted molar refractivity (Wildman–Crippen MR) is 94.1 cm³/mol. The molecule has 0 radical (unpaired) electrons. The lowest BCUT2D eigenvalue weighted by Gasteiger charge is -2.38. The number of carbonyl (C=O) groups is 2. The monoisotopic (exact) mass is 341 g/mol. The first kappa shape index (κ1) is 17.2. The Morgan fingerprint density at radius 3 is 2.48 bits per heavy atom. The van der Waals surface area contributed by atoms with Crippen molar-refractivity contribution in [3.63, 3.8) is 0 Å². The topological polar surface area (TPSA) is 66.7 Å². The summed E-state index contributed by atoms with van der Waals surface area (Å²) in [6, 6.07) is 11.6. The fourth-order valence-electron chi connectivity index (χ4n) is 3.33. The second-order valence-corrected chi connectivity index (χ2v) is 6.44. The van der Waals surface area contributed by atoms with Gasteiger partial charge in [0.2, 0.25) is 11.8 Å². The molecule has 3 rings (SSSR count). The fraction of sp³-hybridized carbons (Fsp3) is 0.421. The second-order valence-electron chi connectivity index (χ2n) is 6.44. The Kier molecular flexibility index (Phi) is 5.16. The molecular formula is C19H23N3O3. The van der Waals surface area contributed by atoms with Gasteiger partial charge in [-0.15, -0.1) is 0 Å². The number of hydrogen-bond acceptors (Lipinski definition) is 4. The summed E-state index contributed by atoms with van der Waals surface area (Å²) in [5, 5.41) is 3.94. The molecule has 25 heavy (non-hydrogen) atoms. The Hall–Kier alpha value is -2.63. The summed E-state index contributed by atoms with van der Waals surface area (Å²) >= 11 is 0. The van der Waals surface area contributed by atoms with Crippen molar-refractivity contribution in [3.05, 3.63) is 47.9 Å². The van der Waals surface area contributed by atoms with Crippen molar-refractivity contribution in [2.45, 2.75) is 39.2 Å². The molecule has 6 nitrogen and oxygen atoms in total. The summed E-state index contributed by atoms with van der Waals surface area (Å²) in [6.45, 7) is 4.76. The summed E-state index contributed by atoms with van der Waals surface area (Å²) in [5.74, 6) is 0.790. The molecule has 0 bridgehead atoms. The second kappa shape index (κ2) is 7.51. The maximum Gasteiger partial charge on any atom is 0.233 e. The van der Waals surface area contributed by atoms with E-state index in [1.54, 1.807) is 13.0 Å². The van der Waals surface area contributed by atoms with Gasteiger partial charge in [-0.2, -0.15) is 0 Å². The standard InChI is InChI=1S/C19H23N3O3/c1-14-12-16(20-25-14)13-19(24)22(17-6-4-3-5-7-17)18-8-10-21(11-9-18)15(2)23/h3-7,12,18H,8-11,13H2,1-2H3. The zero-order chi connectivity index (χ0) is 17.8. The van der Waals surface area contributed by atoms with Crippen LogP contribution in [0.3, 0.4) is 0 Å². The molecule has 1 aromatic heterocycles. The number of nitrogens with zero attached hydrogens (tertiary/aromatic N) is 3. The first-order chi connectivity index (χ1) is 12.0. The van der Waals surface area contributed by atoms with Crippen LogP contribution in [0.4, 0.5) is 5.69 Å². The van der Waals surface area contributed by atoms with Gasteiger partial charge in [0.1, 0.15) is 5.76 Å². The average molecular weight is 341 g/mol. The molecule has 1 saturated heterocycles. The lowest BCUT2D eigenvalue weighted by Crippen LogP contribution is -2.49. The minimum absolute atomic E-state index is 0.000718. The molecule has 2 amide bonds. The van der Waals surface area contributed by atoms with Crippen molar-refractivity contribution >= 4 is 17.5 Å². The third-order valence-corrected chi connectivity index (χ3v) is 4.59. The third kappa shape index (κ3) is 4.07. The summed E-state index contributed by atoms with van der Waals surface area (Å²) in [4.78, 5) is 28.3. The summed E-state index contributed by atoms with van der Waals surface area (Å²) < 4.78 is 5.07. The molecule has 6 heteroatoms. The molecule has 132 valence electrons. The molecular weight excluding hydrogens is 318 g/mol. The highest BCUT2D eigenvalue weighted by atomic mass is 16.5. The van der Waals surface area contributed by atoms with E-state index in [1.165, 1.54) is 0 Å². The van der Waals surface area contributed by atoms with Crippen molar-refractivity contribution in [1.29, 1.82) is 0 Å². The minimum atomic E-state index is 0.000718. The Balaban J connectivity index is 1.78. The number of piperidine rings is 1. The van der Waals surface area contributed by atoms with Gasteiger partial charge in [-0.1, -0.05) is 23.4 Å². The number of aromatic nitrogens is 1. The molecule has 2 aromatic rings. The molecule has 0 spiro atoms. The number of aryl methyl sites for hydroxylation is 1. The molecule has 0 N–H and O–H groups in total. The molecule has 1 aromatic carbocycles. The number of anilines is 1. The van der Waals surface area contributed by atoms with Crippen LogP contribution in [0.5, 0.6) is 0 Å². The van der Waals surface area contributed by atoms with Crippen LogP contribution in [0, 0.1) is 6.92 Å². The normalized spacial score (nSPS) is 15.2. The average Bonchev–Trinajstić information content (AvgIpc) is 3.01. The van der Waals surface area contributed by atoms with Crippen molar-refractivity contribution in [3.8, 4) is 0 Å². The van der Waals surface area contributed by atoms with Crippen molar-refractivity contribution in [1.82, 2.24) is 10.1 Å². The van der Waals surface area contributed by atoms with Gasteiger partial charge in [0.25, 0.3) is 0 Å². The van der Waals surface area contributed by atoms with E-state index < -0.39 is 0 Å². The van der Waals surface area contributed by atoms with Crippen LogP contribution in [0.2, 0.25) is 0 Å². The van der Waals surface area contributed by atoms with E-state index in [0.29, 0.717) is 24.5 Å². The van der Waals surface area contributed by atoms with E-state index in [2.05, 4.69) is 5.16 Å². The zero-order valence-corrected chi connectivity index (χ0v) is 14.6. The van der Waals surface area contributed by atoms with Gasteiger partial charge in [0.05, 0.1) is 12.1 Å². The van der Waals surface area contributed by atoms with E-state index in [9.17, 15) is 9.59 Å². The van der Waals surface area contributed by atoms with Crippen molar-refractivity contribution < 1.29 is 14.1 Å². The van der Waals surface area contributed by atoms with Crippen LogP contribution < -0.4 is 4.90 Å². The van der Waals surface area contributed by atoms with Crippen LogP contribution in [0.25, 0.3) is 0 Å². The summed E-state index contributed by atoms with van der Waals surface area (Å²) in [5.41, 5.74) is 1.53. The van der Waals surface area contributed by atoms with Gasteiger partial charge in [0, 0.05) is 37.8 Å². The van der Waals surface area contributed by atoms with E-state index in [-0.39, 0.29) is 24.3 Å². The molecule has 1 aliphatic rings. The maximum atomic E-state index is 13.0. The lowest BCUT2D eigenvalue weighted by atomic mass is 10.0. The number of benzene rings is 1. The van der Waals surface area contributed by atoms with Crippen LogP contribution in [0.15, 0.2) is 40.9 Å². The van der Waals surface area contributed by atoms with Crippen LogP contribution in [0.1, 0.15) is 31.2 Å². The van der Waals surface area contributed by atoms with E-state index in [4.69, 9.17) is 4.52 Å². The molecule has 0 saturated carbocycles. The van der Waals surface area contributed by atoms with Crippen LogP contribution in [-0.2, 0) is 16.0 Å². The Morgan fingerprint density at radius 1 is 1.24 bits per heavy atom. The Morgan fingerprint density at radius 2 is 1.92 bits per heavy atom. The number of rotatable bonds is 4. The summed E-state index contributed by atoms with van der Waals surface area (Å²) in [7, 11) is 0. The number of hydrogen-bond donors (Lipinski definition) is 0. The largest absolute Gasteiger partial charge is 0.361 e. The van der Waals surface area contributed by atoms with Gasteiger partial charge in [-0.25, -0.2) is 0 Å². The highest BCUT2D eigenvalue weighted by Crippen LogP contribution is 2.25. The van der Waals surface area contributed by atoms with Crippen molar-refractivity contribution in [2.24, 2.45) is 0 Å². The van der Waals surface area contributed by atoms with Gasteiger partial charge in [-0.3, -0.25) is 9.59 Å². The molecule has 1 aliphatic heterocycles. The van der Waals surface area contributed by atoms with Gasteiger partial charge in [0.15, 0.2) is 0 Å². The van der Waals surface area contributed by atoms with Gasteiger partial charge < -0.3 is 14.3 Å². The highest BCUT2D eigenvalue weighted by molar-refractivity contribution is 5.95. The summed E-state index contributed by atoms with van der Waals surface area (Å²) in [6.07, 6.45) is 1.76. The fourth-order valence-corrected chi connectivity index (χ4v) is 3.33. The first-order valence-electron chi connectivity index (χ1n) is 8.59. The van der Waals surface area contributed by atoms with Gasteiger partial charge >= 0.3 is 0 Å². The van der Waals surface area contributed by atoms with Crippen LogP contribution in [-0.4, -0.2) is 41.0 Å². The van der Waals surface area contributed by atoms with E-state index in [0.717, 1.165) is 18.5 Å². The van der Waals surface area contributed by atoms with Gasteiger partial charge in [-0.05, 0) is 31.9 Å². The Bertz CT molecular complexity index is 733. The lowest BCUT2D eigenvalue weighted by molar-refractivity contribution is -0.129. The SMILES string of the molecule is CC(=O)N1CCC(N(C(=O)Cc2cc(C)on2)c2ccccc2)CC1. The molecule has 1 fully saturated rings. The molecule has 2 heterocycles. The molecule has 0 aliphatic carbocycles. The number of para-hydroxylation sites is 1. The number of amides is 2. The number of carbonyl (C=O) groups excluding carboxylic acids is 2. The smallest absolute Gasteiger partial charge is 0.233 e. The minimum Gasteiger partial charge on any atom is -0.361 e. The quantitative estimate of drug-likeness (QED) is 0.857. The van der Waals surface area contributed by atoms with E-state index >= 15 is 0 Å². The zero-order valence-electron chi connectivity index (χ0n) is 14.6. The first-order valence-corrected chi connectivity index (χ1v) is 8.59. The predicted octanol–water partition coefficient (Wildman–Crippen LogP) is 2.57. The van der Waals surface area contributed by atoms with E-state index in [1.807, 2.05) is 47.1 Å². The highest BCUT2D eigenvalue weighted by Gasteiger charge is 2.30. The molecule has 0 atom stereocenters. The third-order valence-electron chi connectivity index (χ3n) is 4.59. The van der Waals surface area contributed by atoms with Crippen molar-refractivity contribution in [2.75, 3.05) is 18.0 Å². The Labute approximate surface area is 147 Å². The number of likely N-dealkylation sites (tertiary alicyclic amines) is 1.